The zero-order valence-electron chi connectivity index (χ0n) is 12.5. The molecule has 0 unspecified atom stereocenters. The van der Waals surface area contributed by atoms with Crippen LogP contribution < -0.4 is 0 Å². The molecule has 0 spiro atoms. The molecule has 3 nitrogen and oxygen atoms in total. The van der Waals surface area contributed by atoms with E-state index in [1.807, 2.05) is 45.6 Å². The SMILES string of the molecule is Cc1c(C(=O)N(C(C)C)C(C)C)oc2ccc(Cl)cc12. The van der Waals surface area contributed by atoms with Gasteiger partial charge < -0.3 is 9.32 Å². The van der Waals surface area contributed by atoms with Crippen molar-refractivity contribution in [1.82, 2.24) is 4.90 Å². The van der Waals surface area contributed by atoms with Gasteiger partial charge in [-0.3, -0.25) is 4.79 Å². The van der Waals surface area contributed by atoms with E-state index in [-0.39, 0.29) is 18.0 Å². The first-order chi connectivity index (χ1) is 9.32. The number of carbonyl (C=O) groups excluding carboxylic acids is 1. The number of furan rings is 1. The predicted molar refractivity (Wildman–Crippen MR) is 82.4 cm³/mol. The Morgan fingerprint density at radius 1 is 1.20 bits per heavy atom. The van der Waals surface area contributed by atoms with Crippen molar-refractivity contribution >= 4 is 28.5 Å². The Balaban J connectivity index is 2.52. The number of rotatable bonds is 3. The third-order valence-electron chi connectivity index (χ3n) is 3.44. The third-order valence-corrected chi connectivity index (χ3v) is 3.67. The number of aryl methyl sites for hydroxylation is 1. The molecule has 0 aliphatic carbocycles. The number of nitrogens with zero attached hydrogens (tertiary/aromatic N) is 1. The smallest absolute Gasteiger partial charge is 0.290 e. The monoisotopic (exact) mass is 293 g/mol. The van der Waals surface area contributed by atoms with Crippen molar-refractivity contribution in [2.75, 3.05) is 0 Å². The normalized spacial score (nSPS) is 11.6. The summed E-state index contributed by atoms with van der Waals surface area (Å²) in [4.78, 5) is 14.5. The van der Waals surface area contributed by atoms with E-state index in [0.29, 0.717) is 16.4 Å². The van der Waals surface area contributed by atoms with Crippen LogP contribution >= 0.6 is 11.6 Å². The van der Waals surface area contributed by atoms with Crippen molar-refractivity contribution < 1.29 is 9.21 Å². The molecule has 2 rings (SSSR count). The average molecular weight is 294 g/mol. The first-order valence-electron chi connectivity index (χ1n) is 6.84. The van der Waals surface area contributed by atoms with Gasteiger partial charge in [-0.15, -0.1) is 0 Å². The summed E-state index contributed by atoms with van der Waals surface area (Å²) in [6, 6.07) is 5.65. The maximum absolute atomic E-state index is 12.7. The molecular formula is C16H20ClNO2. The first kappa shape index (κ1) is 14.9. The molecule has 0 fully saturated rings. The van der Waals surface area contributed by atoms with E-state index in [0.717, 1.165) is 10.9 Å². The Labute approximate surface area is 124 Å². The first-order valence-corrected chi connectivity index (χ1v) is 7.22. The molecule has 1 amide bonds. The summed E-state index contributed by atoms with van der Waals surface area (Å²) >= 11 is 6.01. The van der Waals surface area contributed by atoms with Gasteiger partial charge in [0.2, 0.25) is 0 Å². The molecule has 1 aromatic carbocycles. The fourth-order valence-corrected chi connectivity index (χ4v) is 2.75. The van der Waals surface area contributed by atoms with Gasteiger partial charge >= 0.3 is 0 Å². The van der Waals surface area contributed by atoms with Gasteiger partial charge in [0.25, 0.3) is 5.91 Å². The number of hydrogen-bond acceptors (Lipinski definition) is 2. The van der Waals surface area contributed by atoms with Crippen molar-refractivity contribution in [2.45, 2.75) is 46.7 Å². The molecule has 108 valence electrons. The summed E-state index contributed by atoms with van der Waals surface area (Å²) in [6.45, 7) is 9.92. The molecule has 1 heterocycles. The summed E-state index contributed by atoms with van der Waals surface area (Å²) in [5.41, 5.74) is 1.54. The lowest BCUT2D eigenvalue weighted by Gasteiger charge is -2.30. The topological polar surface area (TPSA) is 33.5 Å². The Kier molecular flexibility index (Phi) is 4.09. The molecule has 0 saturated heterocycles. The zero-order chi connectivity index (χ0) is 15.0. The molecule has 0 aliphatic heterocycles. The Hall–Kier alpha value is -1.48. The average Bonchev–Trinajstić information content (AvgIpc) is 2.66. The Bertz CT molecular complexity index is 635. The van der Waals surface area contributed by atoms with Crippen molar-refractivity contribution in [3.05, 3.63) is 34.5 Å². The Morgan fingerprint density at radius 2 is 1.80 bits per heavy atom. The van der Waals surface area contributed by atoms with E-state index >= 15 is 0 Å². The lowest BCUT2D eigenvalue weighted by Crippen LogP contribution is -2.42. The highest BCUT2D eigenvalue weighted by Gasteiger charge is 2.26. The predicted octanol–water partition coefficient (Wildman–Crippen LogP) is 4.65. The number of hydrogen-bond donors (Lipinski definition) is 0. The molecule has 2 aromatic rings. The molecule has 0 aliphatic rings. The quantitative estimate of drug-likeness (QED) is 0.825. The second-order valence-electron chi connectivity index (χ2n) is 5.60. The molecule has 20 heavy (non-hydrogen) atoms. The van der Waals surface area contributed by atoms with Crippen molar-refractivity contribution in [2.24, 2.45) is 0 Å². The number of benzene rings is 1. The highest BCUT2D eigenvalue weighted by atomic mass is 35.5. The van der Waals surface area contributed by atoms with Crippen LogP contribution in [0.15, 0.2) is 22.6 Å². The number of carbonyl (C=O) groups is 1. The molecular weight excluding hydrogens is 274 g/mol. The maximum Gasteiger partial charge on any atom is 0.290 e. The summed E-state index contributed by atoms with van der Waals surface area (Å²) in [6.07, 6.45) is 0. The zero-order valence-corrected chi connectivity index (χ0v) is 13.3. The van der Waals surface area contributed by atoms with Gasteiger partial charge in [0.15, 0.2) is 5.76 Å². The molecule has 0 bridgehead atoms. The van der Waals surface area contributed by atoms with Gasteiger partial charge in [-0.1, -0.05) is 11.6 Å². The van der Waals surface area contributed by atoms with Gasteiger partial charge in [-0.05, 0) is 52.8 Å². The van der Waals surface area contributed by atoms with Crippen LogP contribution in [0.3, 0.4) is 0 Å². The van der Waals surface area contributed by atoms with Gasteiger partial charge in [-0.2, -0.15) is 0 Å². The van der Waals surface area contributed by atoms with Crippen LogP contribution in [0.5, 0.6) is 0 Å². The summed E-state index contributed by atoms with van der Waals surface area (Å²) in [7, 11) is 0. The highest BCUT2D eigenvalue weighted by Crippen LogP contribution is 2.29. The van der Waals surface area contributed by atoms with Crippen LogP contribution in [0.4, 0.5) is 0 Å². The van der Waals surface area contributed by atoms with E-state index < -0.39 is 0 Å². The van der Waals surface area contributed by atoms with E-state index in [2.05, 4.69) is 0 Å². The minimum absolute atomic E-state index is 0.0696. The van der Waals surface area contributed by atoms with Crippen LogP contribution in [0.1, 0.15) is 43.8 Å². The van der Waals surface area contributed by atoms with Crippen molar-refractivity contribution in [1.29, 1.82) is 0 Å². The van der Waals surface area contributed by atoms with E-state index in [9.17, 15) is 4.79 Å². The van der Waals surface area contributed by atoms with Crippen molar-refractivity contribution in [3.63, 3.8) is 0 Å². The molecule has 0 atom stereocenters. The Morgan fingerprint density at radius 3 is 2.35 bits per heavy atom. The molecule has 0 radical (unpaired) electrons. The van der Waals surface area contributed by atoms with Crippen LogP contribution in [0, 0.1) is 6.92 Å². The van der Waals surface area contributed by atoms with E-state index in [4.69, 9.17) is 16.0 Å². The number of fused-ring (bicyclic) bond motifs is 1. The second kappa shape index (κ2) is 5.49. The standard InChI is InChI=1S/C16H20ClNO2/c1-9(2)18(10(3)4)16(19)15-11(5)13-8-12(17)6-7-14(13)20-15/h6-10H,1-5H3. The summed E-state index contributed by atoms with van der Waals surface area (Å²) in [5, 5.41) is 1.54. The van der Waals surface area contributed by atoms with Gasteiger partial charge in [0, 0.05) is 28.1 Å². The molecule has 0 N–H and O–H groups in total. The minimum atomic E-state index is -0.0696. The van der Waals surface area contributed by atoms with E-state index in [1.54, 1.807) is 12.1 Å². The van der Waals surface area contributed by atoms with Crippen LogP contribution in [0.2, 0.25) is 5.02 Å². The molecule has 1 aromatic heterocycles. The number of halogens is 1. The largest absolute Gasteiger partial charge is 0.451 e. The van der Waals surface area contributed by atoms with Crippen LogP contribution in [-0.2, 0) is 0 Å². The van der Waals surface area contributed by atoms with Gasteiger partial charge in [0.1, 0.15) is 5.58 Å². The van der Waals surface area contributed by atoms with E-state index in [1.165, 1.54) is 0 Å². The second-order valence-corrected chi connectivity index (χ2v) is 6.03. The fraction of sp³-hybridized carbons (Fsp3) is 0.438. The molecule has 0 saturated carbocycles. The lowest BCUT2D eigenvalue weighted by atomic mass is 10.1. The third kappa shape index (κ3) is 2.55. The van der Waals surface area contributed by atoms with Gasteiger partial charge in [0.05, 0.1) is 0 Å². The molecule has 4 heteroatoms. The lowest BCUT2D eigenvalue weighted by molar-refractivity contribution is 0.0612. The summed E-state index contributed by atoms with van der Waals surface area (Å²) in [5.74, 6) is 0.337. The highest BCUT2D eigenvalue weighted by molar-refractivity contribution is 6.31. The fourth-order valence-electron chi connectivity index (χ4n) is 2.58. The number of amides is 1. The maximum atomic E-state index is 12.7. The van der Waals surface area contributed by atoms with Crippen LogP contribution in [0.25, 0.3) is 11.0 Å². The van der Waals surface area contributed by atoms with Crippen molar-refractivity contribution in [3.8, 4) is 0 Å². The minimum Gasteiger partial charge on any atom is -0.451 e. The summed E-state index contributed by atoms with van der Waals surface area (Å²) < 4.78 is 5.75. The van der Waals surface area contributed by atoms with Gasteiger partial charge in [-0.25, -0.2) is 0 Å². The van der Waals surface area contributed by atoms with Crippen LogP contribution in [-0.4, -0.2) is 22.9 Å².